The smallest absolute Gasteiger partial charge is 0.265 e. The van der Waals surface area contributed by atoms with Crippen molar-refractivity contribution in [1.29, 1.82) is 0 Å². The monoisotopic (exact) mass is 230 g/mol. The van der Waals surface area contributed by atoms with Crippen molar-refractivity contribution < 1.29 is 0 Å². The summed E-state index contributed by atoms with van der Waals surface area (Å²) in [7, 11) is 0. The number of hydrogen-bond acceptors (Lipinski definition) is 2. The molecule has 1 rings (SSSR count). The van der Waals surface area contributed by atoms with Gasteiger partial charge in [0.05, 0.1) is 4.47 Å². The Balaban J connectivity index is 3.17. The van der Waals surface area contributed by atoms with E-state index in [4.69, 9.17) is 5.73 Å². The molecule has 0 aliphatic heterocycles. The zero-order chi connectivity index (χ0) is 9.14. The third kappa shape index (κ3) is 1.76. The lowest BCUT2D eigenvalue weighted by Crippen LogP contribution is -2.27. The molecule has 1 aromatic heterocycles. The molecule has 0 fully saturated rings. The second kappa shape index (κ2) is 3.87. The number of rotatable bonds is 2. The van der Waals surface area contributed by atoms with Crippen LogP contribution in [-0.2, 0) is 0 Å². The summed E-state index contributed by atoms with van der Waals surface area (Å²) in [4.78, 5) is 11.4. The minimum Gasteiger partial charge on any atom is -0.328 e. The molecule has 1 heterocycles. The summed E-state index contributed by atoms with van der Waals surface area (Å²) in [6.07, 6.45) is 1.74. The van der Waals surface area contributed by atoms with Crippen LogP contribution < -0.4 is 11.3 Å². The summed E-state index contributed by atoms with van der Waals surface area (Å²) in [6.45, 7) is 2.38. The number of hydrogen-bond donors (Lipinski definition) is 1. The average molecular weight is 231 g/mol. The van der Waals surface area contributed by atoms with Crippen LogP contribution in [0.5, 0.6) is 0 Å². The fourth-order valence-electron chi connectivity index (χ4n) is 0.943. The van der Waals surface area contributed by atoms with Crippen molar-refractivity contribution >= 4 is 15.9 Å². The molecule has 0 saturated carbocycles. The van der Waals surface area contributed by atoms with E-state index < -0.39 is 0 Å². The molecule has 1 unspecified atom stereocenters. The molecule has 0 bridgehead atoms. The summed E-state index contributed by atoms with van der Waals surface area (Å²) < 4.78 is 2.19. The third-order valence-corrected chi connectivity index (χ3v) is 2.35. The van der Waals surface area contributed by atoms with Crippen molar-refractivity contribution in [3.05, 3.63) is 33.2 Å². The highest BCUT2D eigenvalue weighted by Crippen LogP contribution is 2.04. The van der Waals surface area contributed by atoms with Gasteiger partial charge in [-0.1, -0.05) is 0 Å². The highest BCUT2D eigenvalue weighted by Gasteiger charge is 2.04. The lowest BCUT2D eigenvalue weighted by atomic mass is 10.3. The minimum absolute atomic E-state index is 0.0320. The third-order valence-electron chi connectivity index (χ3n) is 1.74. The van der Waals surface area contributed by atoms with E-state index in [1.807, 2.05) is 13.0 Å². The molecule has 12 heavy (non-hydrogen) atoms. The van der Waals surface area contributed by atoms with E-state index in [2.05, 4.69) is 15.9 Å². The van der Waals surface area contributed by atoms with Crippen molar-refractivity contribution in [3.63, 3.8) is 0 Å². The van der Waals surface area contributed by atoms with Gasteiger partial charge in [-0.3, -0.25) is 4.79 Å². The second-order valence-electron chi connectivity index (χ2n) is 2.65. The molecular formula is C8H11BrN2O. The van der Waals surface area contributed by atoms with Gasteiger partial charge in [-0.2, -0.15) is 0 Å². The van der Waals surface area contributed by atoms with Gasteiger partial charge in [0.2, 0.25) is 0 Å². The van der Waals surface area contributed by atoms with E-state index >= 15 is 0 Å². The molecule has 2 N–H and O–H groups in total. The van der Waals surface area contributed by atoms with Gasteiger partial charge in [-0.25, -0.2) is 0 Å². The molecule has 3 nitrogen and oxygen atoms in total. The second-order valence-corrected chi connectivity index (χ2v) is 3.51. The van der Waals surface area contributed by atoms with E-state index in [1.165, 1.54) is 0 Å². The molecule has 0 aliphatic carbocycles. The SMILES string of the molecule is CC(CN)n1cccc(Br)c1=O. The highest BCUT2D eigenvalue weighted by molar-refractivity contribution is 9.10. The normalized spacial score (nSPS) is 12.9. The molecule has 0 aromatic carbocycles. The highest BCUT2D eigenvalue weighted by atomic mass is 79.9. The number of halogens is 1. The number of aromatic nitrogens is 1. The Morgan fingerprint density at radius 2 is 2.42 bits per heavy atom. The maximum Gasteiger partial charge on any atom is 0.265 e. The fraction of sp³-hybridized carbons (Fsp3) is 0.375. The van der Waals surface area contributed by atoms with Crippen LogP contribution in [0.2, 0.25) is 0 Å². The molecule has 0 spiro atoms. The Hall–Kier alpha value is -0.610. The topological polar surface area (TPSA) is 48.0 Å². The molecular weight excluding hydrogens is 220 g/mol. The molecule has 0 radical (unpaired) electrons. The lowest BCUT2D eigenvalue weighted by molar-refractivity contribution is 0.538. The standard InChI is InChI=1S/C8H11BrN2O/c1-6(5-10)11-4-2-3-7(9)8(11)12/h2-4,6H,5,10H2,1H3. The first kappa shape index (κ1) is 9.48. The van der Waals surface area contributed by atoms with Crippen molar-refractivity contribution in [2.45, 2.75) is 13.0 Å². The van der Waals surface area contributed by atoms with E-state index in [0.717, 1.165) is 0 Å². The fourth-order valence-corrected chi connectivity index (χ4v) is 1.30. The predicted molar refractivity (Wildman–Crippen MR) is 52.2 cm³/mol. The largest absolute Gasteiger partial charge is 0.328 e. The summed E-state index contributed by atoms with van der Waals surface area (Å²) >= 11 is 3.17. The number of nitrogens with two attached hydrogens (primary N) is 1. The van der Waals surface area contributed by atoms with Crippen molar-refractivity contribution in [3.8, 4) is 0 Å². The van der Waals surface area contributed by atoms with Gasteiger partial charge >= 0.3 is 0 Å². The average Bonchev–Trinajstić information content (AvgIpc) is 2.08. The van der Waals surface area contributed by atoms with Gasteiger partial charge in [0.25, 0.3) is 5.56 Å². The maximum atomic E-state index is 11.4. The van der Waals surface area contributed by atoms with E-state index in [-0.39, 0.29) is 11.6 Å². The summed E-state index contributed by atoms with van der Waals surface area (Å²) in [6, 6.07) is 3.59. The van der Waals surface area contributed by atoms with Crippen LogP contribution in [0, 0.1) is 0 Å². The van der Waals surface area contributed by atoms with E-state index in [1.54, 1.807) is 16.8 Å². The lowest BCUT2D eigenvalue weighted by Gasteiger charge is -2.11. The van der Waals surface area contributed by atoms with Gasteiger partial charge in [0.1, 0.15) is 0 Å². The van der Waals surface area contributed by atoms with Crippen molar-refractivity contribution in [1.82, 2.24) is 4.57 Å². The Kier molecular flexibility index (Phi) is 3.05. The molecule has 4 heteroatoms. The molecule has 0 saturated heterocycles. The van der Waals surface area contributed by atoms with Gasteiger partial charge in [-0.05, 0) is 35.0 Å². The number of pyridine rings is 1. The molecule has 0 amide bonds. The van der Waals surface area contributed by atoms with Gasteiger partial charge in [0, 0.05) is 18.8 Å². The molecule has 0 aliphatic rings. The zero-order valence-electron chi connectivity index (χ0n) is 6.83. The quantitative estimate of drug-likeness (QED) is 0.829. The molecule has 1 atom stereocenters. The van der Waals surface area contributed by atoms with Crippen LogP contribution in [0.25, 0.3) is 0 Å². The Morgan fingerprint density at radius 1 is 1.75 bits per heavy atom. The van der Waals surface area contributed by atoms with Crippen LogP contribution in [0.3, 0.4) is 0 Å². The maximum absolute atomic E-state index is 11.4. The van der Waals surface area contributed by atoms with E-state index in [9.17, 15) is 4.79 Å². The van der Waals surface area contributed by atoms with Crippen LogP contribution in [-0.4, -0.2) is 11.1 Å². The van der Waals surface area contributed by atoms with Crippen LogP contribution >= 0.6 is 15.9 Å². The Morgan fingerprint density at radius 3 is 3.00 bits per heavy atom. The summed E-state index contributed by atoms with van der Waals surface area (Å²) in [5.41, 5.74) is 5.42. The van der Waals surface area contributed by atoms with Crippen LogP contribution in [0.15, 0.2) is 27.6 Å². The minimum atomic E-state index is -0.0320. The van der Waals surface area contributed by atoms with Crippen LogP contribution in [0.1, 0.15) is 13.0 Å². The van der Waals surface area contributed by atoms with Crippen molar-refractivity contribution in [2.24, 2.45) is 5.73 Å². The molecule has 1 aromatic rings. The number of nitrogens with zero attached hydrogens (tertiary/aromatic N) is 1. The summed E-state index contributed by atoms with van der Waals surface area (Å²) in [5.74, 6) is 0. The van der Waals surface area contributed by atoms with Crippen LogP contribution in [0.4, 0.5) is 0 Å². The van der Waals surface area contributed by atoms with Gasteiger partial charge in [0.15, 0.2) is 0 Å². The first-order valence-electron chi connectivity index (χ1n) is 3.73. The van der Waals surface area contributed by atoms with Crippen molar-refractivity contribution in [2.75, 3.05) is 6.54 Å². The zero-order valence-corrected chi connectivity index (χ0v) is 8.41. The van der Waals surface area contributed by atoms with Gasteiger partial charge < -0.3 is 10.3 Å². The summed E-state index contributed by atoms with van der Waals surface area (Å²) in [5, 5.41) is 0. The van der Waals surface area contributed by atoms with Gasteiger partial charge in [-0.15, -0.1) is 0 Å². The first-order chi connectivity index (χ1) is 5.66. The molecule has 66 valence electrons. The Labute approximate surface area is 79.3 Å². The first-order valence-corrected chi connectivity index (χ1v) is 4.53. The Bertz CT molecular complexity index is 321. The van der Waals surface area contributed by atoms with E-state index in [0.29, 0.717) is 11.0 Å². The predicted octanol–water partition coefficient (Wildman–Crippen LogP) is 1.13.